The maximum atomic E-state index is 6.30. The smallest absolute Gasteiger partial charge is 0.259 e. The average molecular weight is 367 g/mol. The van der Waals surface area contributed by atoms with Crippen LogP contribution in [0.3, 0.4) is 0 Å². The fraction of sp³-hybridized carbons (Fsp3) is 0.294. The first-order valence-corrected chi connectivity index (χ1v) is 9.00. The van der Waals surface area contributed by atoms with Gasteiger partial charge in [0.1, 0.15) is 12.5 Å². The van der Waals surface area contributed by atoms with Crippen molar-refractivity contribution in [2.45, 2.75) is 19.3 Å². The zero-order valence-electron chi connectivity index (χ0n) is 13.8. The molecule has 1 aliphatic carbocycles. The van der Waals surface area contributed by atoms with Gasteiger partial charge in [0, 0.05) is 17.3 Å². The molecule has 0 unspecified atom stereocenters. The maximum absolute atomic E-state index is 6.30. The molecule has 130 valence electrons. The molecule has 1 saturated carbocycles. The van der Waals surface area contributed by atoms with E-state index in [-0.39, 0.29) is 0 Å². The van der Waals surface area contributed by atoms with Gasteiger partial charge in [0.05, 0.1) is 23.8 Å². The average Bonchev–Trinajstić information content (AvgIpc) is 3.04. The monoisotopic (exact) mass is 366 g/mol. The Hall–Kier alpha value is -2.87. The number of para-hydroxylation sites is 1. The van der Waals surface area contributed by atoms with Crippen LogP contribution in [0.4, 0.5) is 5.69 Å². The maximum Gasteiger partial charge on any atom is 0.259 e. The van der Waals surface area contributed by atoms with Crippen molar-refractivity contribution in [2.24, 2.45) is 5.92 Å². The van der Waals surface area contributed by atoms with Crippen molar-refractivity contribution in [3.63, 3.8) is 0 Å². The standard InChI is InChI=1S/C17H15ClN8/c18-23-9-15-24(10-23)14-4-2-1-3-13(14)16-20-21-17(25(15)16)26-12(8-19-22-26)7-11-5-6-11/h1-4,8-9,11H,5-7,10H2. The fourth-order valence-corrected chi connectivity index (χ4v) is 3.89. The second-order valence-electron chi connectivity index (χ2n) is 6.92. The van der Waals surface area contributed by atoms with E-state index in [2.05, 4.69) is 37.5 Å². The van der Waals surface area contributed by atoms with Crippen LogP contribution in [0.25, 0.3) is 23.2 Å². The molecule has 2 aliphatic heterocycles. The van der Waals surface area contributed by atoms with Gasteiger partial charge in [0.15, 0.2) is 5.82 Å². The highest BCUT2D eigenvalue weighted by atomic mass is 35.5. The van der Waals surface area contributed by atoms with Crippen molar-refractivity contribution in [3.8, 4) is 17.3 Å². The summed E-state index contributed by atoms with van der Waals surface area (Å²) in [5.74, 6) is 3.09. The van der Waals surface area contributed by atoms with Crippen molar-refractivity contribution in [2.75, 3.05) is 11.6 Å². The summed E-state index contributed by atoms with van der Waals surface area (Å²) in [6.07, 6.45) is 7.24. The Kier molecular flexibility index (Phi) is 2.79. The molecule has 2 aromatic heterocycles. The van der Waals surface area contributed by atoms with Crippen molar-refractivity contribution in [1.82, 2.24) is 34.2 Å². The number of anilines is 1. The number of benzene rings is 1. The highest BCUT2D eigenvalue weighted by molar-refractivity contribution is 6.15. The van der Waals surface area contributed by atoms with Gasteiger partial charge < -0.3 is 4.90 Å². The van der Waals surface area contributed by atoms with Crippen LogP contribution in [0.5, 0.6) is 0 Å². The summed E-state index contributed by atoms with van der Waals surface area (Å²) in [4.78, 5) is 2.15. The molecule has 1 fully saturated rings. The lowest BCUT2D eigenvalue weighted by molar-refractivity contribution is 0.647. The largest absolute Gasteiger partial charge is 0.306 e. The van der Waals surface area contributed by atoms with E-state index in [0.717, 1.165) is 40.9 Å². The molecule has 1 aromatic carbocycles. The van der Waals surface area contributed by atoms with E-state index in [1.165, 1.54) is 12.8 Å². The van der Waals surface area contributed by atoms with E-state index in [1.807, 2.05) is 29.1 Å². The number of rotatable bonds is 3. The summed E-state index contributed by atoms with van der Waals surface area (Å²) in [5.41, 5.74) is 3.17. The number of nitrogens with zero attached hydrogens (tertiary/aromatic N) is 8. The minimum absolute atomic E-state index is 0.567. The Morgan fingerprint density at radius 2 is 2.04 bits per heavy atom. The van der Waals surface area contributed by atoms with E-state index in [1.54, 1.807) is 9.10 Å². The van der Waals surface area contributed by atoms with Crippen LogP contribution in [0.2, 0.25) is 0 Å². The van der Waals surface area contributed by atoms with Crippen molar-refractivity contribution in [3.05, 3.63) is 42.4 Å². The molecule has 3 aliphatic rings. The van der Waals surface area contributed by atoms with Gasteiger partial charge in [-0.15, -0.1) is 15.3 Å². The molecule has 0 spiro atoms. The Balaban J connectivity index is 1.57. The number of hydrogen-bond donors (Lipinski definition) is 0. The van der Waals surface area contributed by atoms with Gasteiger partial charge in [-0.05, 0) is 37.3 Å². The molecule has 6 rings (SSSR count). The Bertz CT molecular complexity index is 1050. The normalized spacial score (nSPS) is 17.8. The van der Waals surface area contributed by atoms with E-state index in [0.29, 0.717) is 12.6 Å². The molecule has 0 bridgehead atoms. The molecule has 0 amide bonds. The molecule has 0 saturated heterocycles. The predicted molar refractivity (Wildman–Crippen MR) is 96.1 cm³/mol. The lowest BCUT2D eigenvalue weighted by atomic mass is 10.1. The van der Waals surface area contributed by atoms with Gasteiger partial charge in [0.2, 0.25) is 0 Å². The van der Waals surface area contributed by atoms with Crippen LogP contribution in [0.1, 0.15) is 18.5 Å². The highest BCUT2D eigenvalue weighted by Gasteiger charge is 2.36. The summed E-state index contributed by atoms with van der Waals surface area (Å²) in [6, 6.07) is 8.16. The molecular weight excluding hydrogens is 352 g/mol. The Morgan fingerprint density at radius 1 is 1.15 bits per heavy atom. The van der Waals surface area contributed by atoms with Crippen molar-refractivity contribution < 1.29 is 0 Å². The molecule has 8 nitrogen and oxygen atoms in total. The predicted octanol–water partition coefficient (Wildman–Crippen LogP) is 2.48. The highest BCUT2D eigenvalue weighted by Crippen LogP contribution is 2.43. The Morgan fingerprint density at radius 3 is 2.92 bits per heavy atom. The third-order valence-corrected chi connectivity index (χ3v) is 5.33. The van der Waals surface area contributed by atoms with E-state index < -0.39 is 0 Å². The number of hydrogen-bond acceptors (Lipinski definition) is 6. The number of halogens is 1. The molecule has 9 heteroatoms. The van der Waals surface area contributed by atoms with Crippen molar-refractivity contribution >= 4 is 23.3 Å². The van der Waals surface area contributed by atoms with Crippen LogP contribution in [0, 0.1) is 5.92 Å². The second-order valence-corrected chi connectivity index (χ2v) is 7.35. The Labute approximate surface area is 154 Å². The van der Waals surface area contributed by atoms with Crippen LogP contribution in [-0.4, -0.2) is 40.8 Å². The zero-order valence-corrected chi connectivity index (χ0v) is 14.6. The quantitative estimate of drug-likeness (QED) is 0.663. The van der Waals surface area contributed by atoms with Gasteiger partial charge in [-0.2, -0.15) is 4.68 Å². The molecule has 0 radical (unpaired) electrons. The molecule has 0 N–H and O–H groups in total. The zero-order chi connectivity index (χ0) is 17.3. The first-order valence-electron chi connectivity index (χ1n) is 8.66. The molecule has 26 heavy (non-hydrogen) atoms. The topological polar surface area (TPSA) is 67.9 Å². The third-order valence-electron chi connectivity index (χ3n) is 5.12. The summed E-state index contributed by atoms with van der Waals surface area (Å²) >= 11 is 6.30. The van der Waals surface area contributed by atoms with Crippen molar-refractivity contribution in [1.29, 1.82) is 0 Å². The molecular formula is C17H15ClN8. The first-order chi connectivity index (χ1) is 12.8. The van der Waals surface area contributed by atoms with Crippen LogP contribution in [0.15, 0.2) is 36.7 Å². The first kappa shape index (κ1) is 14.3. The second kappa shape index (κ2) is 5.07. The van der Waals surface area contributed by atoms with E-state index >= 15 is 0 Å². The van der Waals surface area contributed by atoms with E-state index in [4.69, 9.17) is 11.8 Å². The van der Waals surface area contributed by atoms with Crippen LogP contribution >= 0.6 is 11.8 Å². The fourth-order valence-electron chi connectivity index (χ4n) is 3.70. The SMILES string of the molecule is ClN1C=C2N(C1)c1ccccc1-c1nnc(-n3nncc3CC3CC3)n12. The summed E-state index contributed by atoms with van der Waals surface area (Å²) < 4.78 is 5.45. The lowest BCUT2D eigenvalue weighted by Gasteiger charge is -2.30. The lowest BCUT2D eigenvalue weighted by Crippen LogP contribution is -2.29. The minimum atomic E-state index is 0.567. The summed E-state index contributed by atoms with van der Waals surface area (Å²) in [5, 5.41) is 17.3. The molecule has 0 atom stereocenters. The van der Waals surface area contributed by atoms with Gasteiger partial charge in [-0.1, -0.05) is 17.3 Å². The van der Waals surface area contributed by atoms with Gasteiger partial charge in [-0.25, -0.2) is 4.57 Å². The number of fused-ring (bicyclic) bond motifs is 6. The third kappa shape index (κ3) is 1.96. The van der Waals surface area contributed by atoms with Crippen LogP contribution in [-0.2, 0) is 6.42 Å². The molecule has 3 aromatic rings. The summed E-state index contributed by atoms with van der Waals surface area (Å²) in [6.45, 7) is 0.567. The van der Waals surface area contributed by atoms with Gasteiger partial charge in [0.25, 0.3) is 5.95 Å². The van der Waals surface area contributed by atoms with Gasteiger partial charge >= 0.3 is 0 Å². The van der Waals surface area contributed by atoms with Crippen LogP contribution < -0.4 is 4.90 Å². The number of aromatic nitrogens is 6. The minimum Gasteiger partial charge on any atom is -0.306 e. The van der Waals surface area contributed by atoms with Gasteiger partial charge in [-0.3, -0.25) is 4.42 Å². The van der Waals surface area contributed by atoms with E-state index in [9.17, 15) is 0 Å². The molecule has 4 heterocycles. The summed E-state index contributed by atoms with van der Waals surface area (Å²) in [7, 11) is 0.